The molecule has 88 valence electrons. The molecule has 1 saturated carbocycles. The molecule has 0 heterocycles. The van der Waals surface area contributed by atoms with Crippen LogP contribution in [-0.2, 0) is 4.79 Å². The van der Waals surface area contributed by atoms with Gasteiger partial charge in [0.05, 0.1) is 6.04 Å². The lowest BCUT2D eigenvalue weighted by molar-refractivity contribution is -0.124. The van der Waals surface area contributed by atoms with Gasteiger partial charge in [0.1, 0.15) is 0 Å². The summed E-state index contributed by atoms with van der Waals surface area (Å²) in [7, 11) is 0. The minimum atomic E-state index is -0.147. The molecule has 1 rings (SSSR count). The van der Waals surface area contributed by atoms with Crippen molar-refractivity contribution in [2.75, 3.05) is 0 Å². The SMILES string of the molecule is CC(NC1CC1(C)C)C(=O)NC(C)(C)C. The van der Waals surface area contributed by atoms with E-state index in [4.69, 9.17) is 0 Å². The third kappa shape index (κ3) is 3.82. The molecule has 2 unspecified atom stereocenters. The summed E-state index contributed by atoms with van der Waals surface area (Å²) in [6, 6.07) is 0.397. The standard InChI is InChI=1S/C12H24N2O/c1-8(10(15)14-11(2,3)4)13-9-7-12(9,5)6/h8-9,13H,7H2,1-6H3,(H,14,15). The van der Waals surface area contributed by atoms with E-state index in [9.17, 15) is 4.79 Å². The molecule has 0 aliphatic heterocycles. The monoisotopic (exact) mass is 212 g/mol. The molecule has 0 aromatic heterocycles. The average Bonchev–Trinajstić information content (AvgIpc) is 2.54. The van der Waals surface area contributed by atoms with Crippen LogP contribution in [0.1, 0.15) is 48.0 Å². The second-order valence-corrected chi connectivity index (χ2v) is 6.37. The number of carbonyl (C=O) groups is 1. The lowest BCUT2D eigenvalue weighted by Gasteiger charge is -2.24. The van der Waals surface area contributed by atoms with Crippen LogP contribution < -0.4 is 10.6 Å². The van der Waals surface area contributed by atoms with Gasteiger partial charge in [-0.2, -0.15) is 0 Å². The number of carbonyl (C=O) groups excluding carboxylic acids is 1. The highest BCUT2D eigenvalue weighted by atomic mass is 16.2. The van der Waals surface area contributed by atoms with Crippen molar-refractivity contribution in [1.29, 1.82) is 0 Å². The molecule has 3 heteroatoms. The van der Waals surface area contributed by atoms with Crippen LogP contribution >= 0.6 is 0 Å². The second kappa shape index (κ2) is 3.78. The first-order chi connectivity index (χ1) is 6.62. The van der Waals surface area contributed by atoms with E-state index in [2.05, 4.69) is 24.5 Å². The highest BCUT2D eigenvalue weighted by Crippen LogP contribution is 2.44. The van der Waals surface area contributed by atoms with E-state index in [0.29, 0.717) is 11.5 Å². The number of rotatable bonds is 3. The molecule has 2 N–H and O–H groups in total. The summed E-state index contributed by atoms with van der Waals surface area (Å²) in [6.07, 6.45) is 1.17. The molecule has 3 nitrogen and oxygen atoms in total. The Morgan fingerprint density at radius 1 is 1.40 bits per heavy atom. The number of hydrogen-bond acceptors (Lipinski definition) is 2. The van der Waals surface area contributed by atoms with Gasteiger partial charge in [-0.3, -0.25) is 4.79 Å². The molecular weight excluding hydrogens is 188 g/mol. The van der Waals surface area contributed by atoms with Crippen molar-refractivity contribution in [2.45, 2.75) is 65.6 Å². The smallest absolute Gasteiger partial charge is 0.237 e. The summed E-state index contributed by atoms with van der Waals surface area (Å²) in [5.74, 6) is 0.0881. The van der Waals surface area contributed by atoms with Crippen LogP contribution in [0.2, 0.25) is 0 Å². The van der Waals surface area contributed by atoms with E-state index in [-0.39, 0.29) is 17.5 Å². The topological polar surface area (TPSA) is 41.1 Å². The van der Waals surface area contributed by atoms with Crippen molar-refractivity contribution in [3.63, 3.8) is 0 Å². The minimum absolute atomic E-state index is 0.0881. The van der Waals surface area contributed by atoms with Gasteiger partial charge in [-0.15, -0.1) is 0 Å². The third-order valence-electron chi connectivity index (χ3n) is 2.86. The lowest BCUT2D eigenvalue weighted by Crippen LogP contribution is -2.50. The predicted octanol–water partition coefficient (Wildman–Crippen LogP) is 1.68. The zero-order chi connectivity index (χ0) is 11.9. The third-order valence-corrected chi connectivity index (χ3v) is 2.86. The Kier molecular flexibility index (Phi) is 3.15. The van der Waals surface area contributed by atoms with Crippen LogP contribution in [0.5, 0.6) is 0 Å². The van der Waals surface area contributed by atoms with Gasteiger partial charge in [0.2, 0.25) is 5.91 Å². The van der Waals surface area contributed by atoms with Gasteiger partial charge in [0.15, 0.2) is 0 Å². The van der Waals surface area contributed by atoms with E-state index >= 15 is 0 Å². The fraction of sp³-hybridized carbons (Fsp3) is 0.917. The molecule has 1 aliphatic rings. The van der Waals surface area contributed by atoms with E-state index in [1.54, 1.807) is 0 Å². The Balaban J connectivity index is 2.35. The summed E-state index contributed by atoms with van der Waals surface area (Å²) in [5, 5.41) is 6.33. The normalized spacial score (nSPS) is 25.9. The average molecular weight is 212 g/mol. The Bertz CT molecular complexity index is 253. The van der Waals surface area contributed by atoms with Gasteiger partial charge >= 0.3 is 0 Å². The van der Waals surface area contributed by atoms with Crippen molar-refractivity contribution in [3.05, 3.63) is 0 Å². The zero-order valence-corrected chi connectivity index (χ0v) is 10.8. The number of amides is 1. The maximum atomic E-state index is 11.8. The van der Waals surface area contributed by atoms with Crippen molar-refractivity contribution >= 4 is 5.91 Å². The fourth-order valence-corrected chi connectivity index (χ4v) is 1.61. The van der Waals surface area contributed by atoms with Gasteiger partial charge < -0.3 is 10.6 Å². The molecule has 15 heavy (non-hydrogen) atoms. The molecule has 0 aromatic rings. The van der Waals surface area contributed by atoms with Crippen LogP contribution in [-0.4, -0.2) is 23.5 Å². The number of nitrogens with one attached hydrogen (secondary N) is 2. The Morgan fingerprint density at radius 2 is 1.87 bits per heavy atom. The van der Waals surface area contributed by atoms with Gasteiger partial charge in [-0.1, -0.05) is 13.8 Å². The van der Waals surface area contributed by atoms with Crippen molar-refractivity contribution in [1.82, 2.24) is 10.6 Å². The lowest BCUT2D eigenvalue weighted by atomic mass is 10.1. The molecule has 2 atom stereocenters. The predicted molar refractivity (Wildman–Crippen MR) is 62.7 cm³/mol. The Hall–Kier alpha value is -0.570. The van der Waals surface area contributed by atoms with Crippen molar-refractivity contribution in [3.8, 4) is 0 Å². The zero-order valence-electron chi connectivity index (χ0n) is 10.8. The largest absolute Gasteiger partial charge is 0.350 e. The highest BCUT2D eigenvalue weighted by molar-refractivity contribution is 5.82. The molecule has 0 radical (unpaired) electrons. The maximum absolute atomic E-state index is 11.8. The molecule has 1 aliphatic carbocycles. The summed E-state index contributed by atoms with van der Waals surface area (Å²) in [5.41, 5.74) is 0.225. The molecule has 0 bridgehead atoms. The van der Waals surface area contributed by atoms with Gasteiger partial charge in [-0.05, 0) is 39.5 Å². The first-order valence-corrected chi connectivity index (χ1v) is 5.70. The van der Waals surface area contributed by atoms with Crippen LogP contribution in [0, 0.1) is 5.41 Å². The first-order valence-electron chi connectivity index (χ1n) is 5.70. The first kappa shape index (κ1) is 12.5. The summed E-state index contributed by atoms with van der Waals surface area (Å²) in [4.78, 5) is 11.8. The molecular formula is C12H24N2O. The molecule has 0 saturated heterocycles. The van der Waals surface area contributed by atoms with Crippen LogP contribution in [0.4, 0.5) is 0 Å². The number of hydrogen-bond donors (Lipinski definition) is 2. The van der Waals surface area contributed by atoms with Crippen LogP contribution in [0.25, 0.3) is 0 Å². The van der Waals surface area contributed by atoms with Crippen molar-refractivity contribution < 1.29 is 4.79 Å². The molecule has 1 fully saturated rings. The summed E-state index contributed by atoms with van der Waals surface area (Å²) in [6.45, 7) is 12.4. The van der Waals surface area contributed by atoms with Crippen LogP contribution in [0.15, 0.2) is 0 Å². The van der Waals surface area contributed by atoms with E-state index < -0.39 is 0 Å². The minimum Gasteiger partial charge on any atom is -0.350 e. The van der Waals surface area contributed by atoms with Crippen molar-refractivity contribution in [2.24, 2.45) is 5.41 Å². The van der Waals surface area contributed by atoms with E-state index in [1.165, 1.54) is 6.42 Å². The summed E-state index contributed by atoms with van der Waals surface area (Å²) >= 11 is 0. The second-order valence-electron chi connectivity index (χ2n) is 6.37. The fourth-order valence-electron chi connectivity index (χ4n) is 1.61. The van der Waals surface area contributed by atoms with E-state index in [0.717, 1.165) is 0 Å². The Labute approximate surface area is 93.0 Å². The highest BCUT2D eigenvalue weighted by Gasteiger charge is 2.46. The van der Waals surface area contributed by atoms with Crippen LogP contribution in [0.3, 0.4) is 0 Å². The van der Waals surface area contributed by atoms with Gasteiger partial charge in [0, 0.05) is 11.6 Å². The summed E-state index contributed by atoms with van der Waals surface area (Å²) < 4.78 is 0. The molecule has 1 amide bonds. The Morgan fingerprint density at radius 3 is 2.20 bits per heavy atom. The molecule has 0 aromatic carbocycles. The maximum Gasteiger partial charge on any atom is 0.237 e. The molecule has 0 spiro atoms. The van der Waals surface area contributed by atoms with Gasteiger partial charge in [-0.25, -0.2) is 0 Å². The van der Waals surface area contributed by atoms with E-state index in [1.807, 2.05) is 27.7 Å². The quantitative estimate of drug-likeness (QED) is 0.747. The van der Waals surface area contributed by atoms with Gasteiger partial charge in [0.25, 0.3) is 0 Å².